The number of rotatable bonds is 10. The quantitative estimate of drug-likeness (QED) is 0.127. The van der Waals surface area contributed by atoms with E-state index in [4.69, 9.17) is 0 Å². The van der Waals surface area contributed by atoms with Gasteiger partial charge in [0.2, 0.25) is 0 Å². The lowest BCUT2D eigenvalue weighted by atomic mass is 9.94. The van der Waals surface area contributed by atoms with Gasteiger partial charge in [-0.15, -0.1) is 0 Å². The summed E-state index contributed by atoms with van der Waals surface area (Å²) in [5, 5.41) is 12.3. The predicted molar refractivity (Wildman–Crippen MR) is 336 cm³/mol. The number of benzene rings is 14. The molecular weight excluding hydrogens is 955 g/mol. The van der Waals surface area contributed by atoms with Crippen LogP contribution in [0.1, 0.15) is 0 Å². The number of para-hydroxylation sites is 2. The molecule has 0 aliphatic heterocycles. The summed E-state index contributed by atoms with van der Waals surface area (Å²) >= 11 is 0. The zero-order chi connectivity index (χ0) is 52.2. The van der Waals surface area contributed by atoms with Gasteiger partial charge in [-0.1, -0.05) is 212 Å². The lowest BCUT2D eigenvalue weighted by Crippen LogP contribution is -2.10. The number of fused-ring (bicyclic) bond motifs is 10. The van der Waals surface area contributed by atoms with Crippen LogP contribution < -0.4 is 9.80 Å². The van der Waals surface area contributed by atoms with Crippen molar-refractivity contribution in [1.82, 2.24) is 4.57 Å². The SMILES string of the molecule is c1ccc(-c2ccc(N(c3ccc4c(c3)c3cc(-c5ccc(N(c6ccccc6)c6ccccc6)cc5)ccc3n4-c3ccc4c5ccccc5c5ccccc5c4c3)c3ccc(-c4ccccc4)c4ccccc34)cc2)cc1. The van der Waals surface area contributed by atoms with Crippen molar-refractivity contribution in [2.45, 2.75) is 0 Å². The topological polar surface area (TPSA) is 11.4 Å². The van der Waals surface area contributed by atoms with Crippen molar-refractivity contribution in [2.75, 3.05) is 9.80 Å². The van der Waals surface area contributed by atoms with Crippen molar-refractivity contribution in [1.29, 1.82) is 0 Å². The minimum absolute atomic E-state index is 1.07. The van der Waals surface area contributed by atoms with E-state index in [0.29, 0.717) is 0 Å². The number of aromatic nitrogens is 1. The van der Waals surface area contributed by atoms with Crippen LogP contribution in [0.3, 0.4) is 0 Å². The summed E-state index contributed by atoms with van der Waals surface area (Å²) in [5.41, 5.74) is 17.1. The largest absolute Gasteiger partial charge is 0.311 e. The lowest BCUT2D eigenvalue weighted by Gasteiger charge is -2.28. The van der Waals surface area contributed by atoms with Gasteiger partial charge in [-0.25, -0.2) is 0 Å². The first-order valence-electron chi connectivity index (χ1n) is 27.2. The highest BCUT2D eigenvalue weighted by atomic mass is 15.1. The molecule has 0 amide bonds. The van der Waals surface area contributed by atoms with Crippen molar-refractivity contribution < 1.29 is 0 Å². The first kappa shape index (κ1) is 45.9. The maximum absolute atomic E-state index is 2.48. The average molecular weight is 1010 g/mol. The maximum Gasteiger partial charge on any atom is 0.0542 e. The van der Waals surface area contributed by atoms with Crippen LogP contribution in [0.2, 0.25) is 0 Å². The molecule has 0 radical (unpaired) electrons. The van der Waals surface area contributed by atoms with Gasteiger partial charge < -0.3 is 14.4 Å². The molecule has 0 spiro atoms. The molecular formula is C76H51N3. The predicted octanol–water partition coefficient (Wildman–Crippen LogP) is 21.3. The Morgan fingerprint density at radius 3 is 1.20 bits per heavy atom. The highest BCUT2D eigenvalue weighted by Gasteiger charge is 2.22. The van der Waals surface area contributed by atoms with Gasteiger partial charge in [0, 0.05) is 50.3 Å². The van der Waals surface area contributed by atoms with E-state index in [1.165, 1.54) is 76.1 Å². The molecule has 14 aromatic carbocycles. The Bertz CT molecular complexity index is 4670. The van der Waals surface area contributed by atoms with Gasteiger partial charge in [-0.05, 0) is 168 Å². The Morgan fingerprint density at radius 2 is 0.608 bits per heavy atom. The Balaban J connectivity index is 0.945. The monoisotopic (exact) mass is 1010 g/mol. The molecule has 0 atom stereocenters. The minimum Gasteiger partial charge on any atom is -0.311 e. The molecule has 3 nitrogen and oxygen atoms in total. The molecule has 0 unspecified atom stereocenters. The third-order valence-electron chi connectivity index (χ3n) is 15.9. The summed E-state index contributed by atoms with van der Waals surface area (Å²) in [5.74, 6) is 0. The van der Waals surface area contributed by atoms with Crippen LogP contribution in [0.25, 0.3) is 104 Å². The molecule has 15 aromatic rings. The minimum atomic E-state index is 1.07. The van der Waals surface area contributed by atoms with E-state index in [0.717, 1.165) is 62.0 Å². The summed E-state index contributed by atoms with van der Waals surface area (Å²) in [7, 11) is 0. The van der Waals surface area contributed by atoms with Gasteiger partial charge in [-0.2, -0.15) is 0 Å². The Labute approximate surface area is 459 Å². The van der Waals surface area contributed by atoms with Crippen molar-refractivity contribution in [3.05, 3.63) is 309 Å². The lowest BCUT2D eigenvalue weighted by molar-refractivity contribution is 1.18. The molecule has 0 aliphatic rings. The third kappa shape index (κ3) is 7.99. The van der Waals surface area contributed by atoms with Crippen molar-refractivity contribution >= 4 is 99.0 Å². The van der Waals surface area contributed by atoms with E-state index in [1.807, 2.05) is 0 Å². The van der Waals surface area contributed by atoms with Crippen LogP contribution in [0.4, 0.5) is 34.1 Å². The van der Waals surface area contributed by atoms with Crippen LogP contribution in [-0.2, 0) is 0 Å². The summed E-state index contributed by atoms with van der Waals surface area (Å²) in [6, 6.07) is 113. The molecule has 1 heterocycles. The fourth-order valence-electron chi connectivity index (χ4n) is 12.3. The molecule has 0 N–H and O–H groups in total. The molecule has 0 aliphatic carbocycles. The zero-order valence-electron chi connectivity index (χ0n) is 43.3. The van der Waals surface area contributed by atoms with Gasteiger partial charge in [0.05, 0.1) is 16.7 Å². The van der Waals surface area contributed by atoms with Gasteiger partial charge >= 0.3 is 0 Å². The average Bonchev–Trinajstić information content (AvgIpc) is 3.93. The summed E-state index contributed by atoms with van der Waals surface area (Å²) < 4.78 is 2.48. The smallest absolute Gasteiger partial charge is 0.0542 e. The van der Waals surface area contributed by atoms with E-state index in [2.05, 4.69) is 324 Å². The molecule has 3 heteroatoms. The highest BCUT2D eigenvalue weighted by Crippen LogP contribution is 2.46. The second kappa shape index (κ2) is 19.3. The summed E-state index contributed by atoms with van der Waals surface area (Å²) in [6.07, 6.45) is 0. The van der Waals surface area contributed by atoms with Gasteiger partial charge in [0.25, 0.3) is 0 Å². The molecule has 0 saturated carbocycles. The zero-order valence-corrected chi connectivity index (χ0v) is 43.3. The Kier molecular flexibility index (Phi) is 11.2. The Morgan fingerprint density at radius 1 is 0.203 bits per heavy atom. The van der Waals surface area contributed by atoms with Crippen LogP contribution in [0, 0.1) is 0 Å². The van der Waals surface area contributed by atoms with Crippen LogP contribution in [0.5, 0.6) is 0 Å². The van der Waals surface area contributed by atoms with Gasteiger partial charge in [-0.3, -0.25) is 0 Å². The van der Waals surface area contributed by atoms with Gasteiger partial charge in [0.1, 0.15) is 0 Å². The van der Waals surface area contributed by atoms with E-state index in [9.17, 15) is 0 Å². The highest BCUT2D eigenvalue weighted by molar-refractivity contribution is 6.26. The van der Waals surface area contributed by atoms with E-state index >= 15 is 0 Å². The molecule has 370 valence electrons. The first-order chi connectivity index (χ1) is 39.2. The van der Waals surface area contributed by atoms with E-state index in [1.54, 1.807) is 0 Å². The molecule has 1 aromatic heterocycles. The Hall–Kier alpha value is -10.5. The number of anilines is 6. The van der Waals surface area contributed by atoms with Gasteiger partial charge in [0.15, 0.2) is 0 Å². The van der Waals surface area contributed by atoms with E-state index < -0.39 is 0 Å². The fourth-order valence-corrected chi connectivity index (χ4v) is 12.3. The van der Waals surface area contributed by atoms with Crippen molar-refractivity contribution in [3.8, 4) is 39.1 Å². The van der Waals surface area contributed by atoms with Crippen molar-refractivity contribution in [3.63, 3.8) is 0 Å². The molecule has 0 fully saturated rings. The number of hydrogen-bond acceptors (Lipinski definition) is 2. The number of nitrogens with zero attached hydrogens (tertiary/aromatic N) is 3. The van der Waals surface area contributed by atoms with Crippen LogP contribution in [0.15, 0.2) is 309 Å². The second-order valence-electron chi connectivity index (χ2n) is 20.4. The maximum atomic E-state index is 2.48. The standard InChI is InChI=1S/C76H51N3/c1-5-19-52(20-6-1)53-33-40-60(41-34-53)78(74-48-45-63(55-21-7-2-8-22-55)64-27-17-18-32-70(64)74)61-43-47-76-73(51-61)72-49-56(54-35-38-59(39-36-54)77(57-23-9-3-10-24-57)58-25-11-4-12-26-58)37-46-75(72)79(76)62-42-44-69-67-30-14-13-28-65(67)66-29-15-16-31-68(66)71(69)50-62/h1-51H. The summed E-state index contributed by atoms with van der Waals surface area (Å²) in [4.78, 5) is 4.77. The molecule has 79 heavy (non-hydrogen) atoms. The van der Waals surface area contributed by atoms with Crippen LogP contribution >= 0.6 is 0 Å². The number of hydrogen-bond donors (Lipinski definition) is 0. The second-order valence-corrected chi connectivity index (χ2v) is 20.4. The normalized spacial score (nSPS) is 11.5. The van der Waals surface area contributed by atoms with Crippen LogP contribution in [-0.4, -0.2) is 4.57 Å². The summed E-state index contributed by atoms with van der Waals surface area (Å²) in [6.45, 7) is 0. The molecule has 15 rings (SSSR count). The first-order valence-corrected chi connectivity index (χ1v) is 27.2. The van der Waals surface area contributed by atoms with E-state index in [-0.39, 0.29) is 0 Å². The molecule has 0 bridgehead atoms. The van der Waals surface area contributed by atoms with Crippen molar-refractivity contribution in [2.24, 2.45) is 0 Å². The fraction of sp³-hybridized carbons (Fsp3) is 0. The molecule has 0 saturated heterocycles. The third-order valence-corrected chi connectivity index (χ3v) is 15.9.